The molecule has 0 saturated carbocycles. The molecule has 1 heterocycles. The number of hydrogen-bond donors (Lipinski definition) is 0. The Morgan fingerprint density at radius 2 is 1.86 bits per heavy atom. The van der Waals surface area contributed by atoms with Crippen LogP contribution in [0.15, 0.2) is 70.0 Å². The van der Waals surface area contributed by atoms with Gasteiger partial charge in [-0.3, -0.25) is 14.5 Å². The molecule has 1 fully saturated rings. The Balaban J connectivity index is 1.57. The van der Waals surface area contributed by atoms with Gasteiger partial charge < -0.3 is 9.47 Å². The molecule has 35 heavy (non-hydrogen) atoms. The number of ether oxygens (including phenoxy) is 2. The third-order valence-corrected chi connectivity index (χ3v) is 7.72. The van der Waals surface area contributed by atoms with E-state index in [0.29, 0.717) is 30.4 Å². The zero-order valence-corrected chi connectivity index (χ0v) is 23.4. The van der Waals surface area contributed by atoms with Crippen LogP contribution in [0.5, 0.6) is 11.5 Å². The predicted octanol–water partition coefficient (Wildman–Crippen LogP) is 7.17. The topological polar surface area (TPSA) is 72.9 Å². The Labute approximate surface area is 232 Å². The number of carbonyl (C=O) groups excluding carboxylic acids is 3. The molecule has 0 spiro atoms. The Bertz CT molecular complexity index is 1360. The van der Waals surface area contributed by atoms with Gasteiger partial charge in [0.1, 0.15) is 0 Å². The lowest BCUT2D eigenvalue weighted by molar-refractivity contribution is -0.123. The maximum atomic E-state index is 13.0. The van der Waals surface area contributed by atoms with E-state index < -0.39 is 5.97 Å². The number of hydrogen-bond acceptors (Lipinski definition) is 6. The minimum absolute atomic E-state index is 0.171. The van der Waals surface area contributed by atoms with Crippen LogP contribution in [-0.2, 0) is 11.3 Å². The first-order chi connectivity index (χ1) is 16.8. The second kappa shape index (κ2) is 11.2. The molecule has 0 N–H and O–H groups in total. The van der Waals surface area contributed by atoms with Crippen LogP contribution in [0.1, 0.15) is 21.5 Å². The third kappa shape index (κ3) is 5.91. The normalized spacial score (nSPS) is 14.5. The number of halogens is 3. The van der Waals surface area contributed by atoms with Crippen LogP contribution in [0.2, 0.25) is 5.02 Å². The molecule has 0 aromatic heterocycles. The zero-order chi connectivity index (χ0) is 25.1. The van der Waals surface area contributed by atoms with Gasteiger partial charge in [0.2, 0.25) is 0 Å². The fourth-order valence-corrected chi connectivity index (χ4v) is 5.35. The van der Waals surface area contributed by atoms with Gasteiger partial charge in [-0.05, 0) is 94.0 Å². The number of benzene rings is 3. The van der Waals surface area contributed by atoms with Crippen LogP contribution in [0.25, 0.3) is 6.08 Å². The Morgan fingerprint density at radius 3 is 2.54 bits per heavy atom. The lowest BCUT2D eigenvalue weighted by Crippen LogP contribution is -2.27. The summed E-state index contributed by atoms with van der Waals surface area (Å²) in [6.45, 7) is 0.171. The van der Waals surface area contributed by atoms with Gasteiger partial charge in [-0.1, -0.05) is 45.7 Å². The average molecular weight is 685 g/mol. The van der Waals surface area contributed by atoms with Crippen molar-refractivity contribution in [2.45, 2.75) is 6.54 Å². The highest BCUT2D eigenvalue weighted by molar-refractivity contribution is 14.1. The summed E-state index contributed by atoms with van der Waals surface area (Å²) in [5.74, 6) is -0.355. The highest BCUT2D eigenvalue weighted by Gasteiger charge is 2.35. The third-order valence-electron chi connectivity index (χ3n) is 4.98. The Morgan fingerprint density at radius 1 is 1.14 bits per heavy atom. The molecule has 6 nitrogen and oxygen atoms in total. The highest BCUT2D eigenvalue weighted by Crippen LogP contribution is 2.38. The number of esters is 1. The van der Waals surface area contributed by atoms with Crippen LogP contribution in [0, 0.1) is 3.57 Å². The van der Waals surface area contributed by atoms with Crippen LogP contribution in [0.4, 0.5) is 4.79 Å². The van der Waals surface area contributed by atoms with E-state index in [1.54, 1.807) is 42.5 Å². The van der Waals surface area contributed by atoms with Crippen LogP contribution < -0.4 is 9.47 Å². The van der Waals surface area contributed by atoms with Gasteiger partial charge in [0, 0.05) is 9.50 Å². The first kappa shape index (κ1) is 25.7. The number of rotatable bonds is 6. The van der Waals surface area contributed by atoms with Gasteiger partial charge in [-0.2, -0.15) is 0 Å². The lowest BCUT2D eigenvalue weighted by atomic mass is 10.1. The largest absolute Gasteiger partial charge is 0.493 e. The highest BCUT2D eigenvalue weighted by atomic mass is 127. The molecule has 3 aromatic carbocycles. The fourth-order valence-electron chi connectivity index (χ4n) is 3.24. The molecule has 3 aromatic rings. The summed E-state index contributed by atoms with van der Waals surface area (Å²) in [4.78, 5) is 39.6. The molecule has 0 unspecified atom stereocenters. The molecule has 1 aliphatic heterocycles. The van der Waals surface area contributed by atoms with Gasteiger partial charge in [0.15, 0.2) is 11.5 Å². The van der Waals surface area contributed by atoms with Gasteiger partial charge in [-0.25, -0.2) is 4.79 Å². The van der Waals surface area contributed by atoms with Crippen LogP contribution in [0.3, 0.4) is 0 Å². The van der Waals surface area contributed by atoms with Crippen molar-refractivity contribution < 1.29 is 23.9 Å². The summed E-state index contributed by atoms with van der Waals surface area (Å²) in [7, 11) is 1.46. The van der Waals surface area contributed by atoms with E-state index in [1.807, 2.05) is 46.9 Å². The van der Waals surface area contributed by atoms with Gasteiger partial charge >= 0.3 is 5.97 Å². The number of thioether (sulfide) groups is 1. The molecule has 2 amide bonds. The maximum absolute atomic E-state index is 13.0. The number of carbonyl (C=O) groups is 3. The number of amides is 2. The van der Waals surface area contributed by atoms with Crippen molar-refractivity contribution in [3.8, 4) is 11.5 Å². The van der Waals surface area contributed by atoms with E-state index in [2.05, 4.69) is 15.9 Å². The van der Waals surface area contributed by atoms with E-state index >= 15 is 0 Å². The minimum Gasteiger partial charge on any atom is -0.493 e. The SMILES string of the molecule is COc1cc(/C=C2\SC(=O)N(Cc3ccccc3Br)C2=O)cc(I)c1OC(=O)c1ccc(Cl)cc1. The molecule has 1 aliphatic rings. The molecule has 0 aliphatic carbocycles. The van der Waals surface area contributed by atoms with E-state index in [0.717, 1.165) is 21.8 Å². The minimum atomic E-state index is -0.557. The standard InChI is InChI=1S/C25H16BrClINO5S/c1-33-20-11-14(10-19(28)22(20)34-24(31)15-6-8-17(27)9-7-15)12-21-23(30)29(25(32)35-21)13-16-4-2-3-5-18(16)26/h2-12H,13H2,1H3/b21-12-. The second-order valence-electron chi connectivity index (χ2n) is 7.29. The first-order valence-electron chi connectivity index (χ1n) is 10.1. The zero-order valence-electron chi connectivity index (χ0n) is 18.1. The summed E-state index contributed by atoms with van der Waals surface area (Å²) in [6, 6.07) is 17.2. The first-order valence-corrected chi connectivity index (χ1v) is 13.2. The monoisotopic (exact) mass is 683 g/mol. The summed E-state index contributed by atoms with van der Waals surface area (Å²) in [5, 5.41) is 0.172. The maximum Gasteiger partial charge on any atom is 0.343 e. The van der Waals surface area contributed by atoms with Gasteiger partial charge in [-0.15, -0.1) is 0 Å². The lowest BCUT2D eigenvalue weighted by Gasteiger charge is -2.14. The van der Waals surface area contributed by atoms with Crippen molar-refractivity contribution in [3.05, 3.63) is 95.3 Å². The van der Waals surface area contributed by atoms with Crippen molar-refractivity contribution in [3.63, 3.8) is 0 Å². The average Bonchev–Trinajstić information content (AvgIpc) is 3.09. The molecule has 0 radical (unpaired) electrons. The van der Waals surface area contributed by atoms with Crippen LogP contribution >= 0.6 is 61.9 Å². The smallest absolute Gasteiger partial charge is 0.343 e. The van der Waals surface area contributed by atoms with Crippen molar-refractivity contribution in [2.24, 2.45) is 0 Å². The molecule has 0 bridgehead atoms. The van der Waals surface area contributed by atoms with Crippen molar-refractivity contribution >= 4 is 85.1 Å². The second-order valence-corrected chi connectivity index (χ2v) is 10.7. The van der Waals surface area contributed by atoms with E-state index in [1.165, 1.54) is 12.0 Å². The summed E-state index contributed by atoms with van der Waals surface area (Å²) < 4.78 is 12.4. The number of methoxy groups -OCH3 is 1. The van der Waals surface area contributed by atoms with Crippen molar-refractivity contribution in [1.29, 1.82) is 0 Å². The van der Waals surface area contributed by atoms with Gasteiger partial charge in [0.05, 0.1) is 27.7 Å². The van der Waals surface area contributed by atoms with Crippen LogP contribution in [-0.4, -0.2) is 29.1 Å². The molecular formula is C25H16BrClINO5S. The fraction of sp³-hybridized carbons (Fsp3) is 0.0800. The summed E-state index contributed by atoms with van der Waals surface area (Å²) >= 11 is 12.2. The molecule has 4 rings (SSSR count). The Kier molecular flexibility index (Phi) is 8.20. The van der Waals surface area contributed by atoms with Crippen molar-refractivity contribution in [2.75, 3.05) is 7.11 Å². The Hall–Kier alpha value is -2.34. The van der Waals surface area contributed by atoms with E-state index in [-0.39, 0.29) is 23.4 Å². The summed E-state index contributed by atoms with van der Waals surface area (Å²) in [6.07, 6.45) is 1.63. The number of imide groups is 1. The van der Waals surface area contributed by atoms with E-state index in [9.17, 15) is 14.4 Å². The number of nitrogens with zero attached hydrogens (tertiary/aromatic N) is 1. The molecule has 0 atom stereocenters. The van der Waals surface area contributed by atoms with E-state index in [4.69, 9.17) is 21.1 Å². The molecule has 10 heteroatoms. The quantitative estimate of drug-likeness (QED) is 0.119. The molecule has 1 saturated heterocycles. The molecule has 178 valence electrons. The molecular weight excluding hydrogens is 669 g/mol. The van der Waals surface area contributed by atoms with Crippen molar-refractivity contribution in [1.82, 2.24) is 4.90 Å². The summed E-state index contributed by atoms with van der Waals surface area (Å²) in [5.41, 5.74) is 1.80. The predicted molar refractivity (Wildman–Crippen MR) is 148 cm³/mol. The van der Waals surface area contributed by atoms with Gasteiger partial charge in [0.25, 0.3) is 11.1 Å².